The van der Waals surface area contributed by atoms with E-state index < -0.39 is 0 Å². The first-order valence-electron chi connectivity index (χ1n) is 15.8. The molecule has 1 rings (SSSR count). The number of ether oxygens (including phenoxy) is 3. The highest BCUT2D eigenvalue weighted by atomic mass is 16.6. The van der Waals surface area contributed by atoms with Crippen molar-refractivity contribution >= 4 is 6.09 Å². The standard InChI is InChI=1S/C31H62N2O4/c1-4-5-6-7-8-9-10-11-12-13-14-15-16-17-18-19-25-36-28-31(2,3)29-37-30(34)32-21-20-22-33-23-26-35-27-24-33/h4-29H2,1-3H3,(H,32,34). The number of carbonyl (C=O) groups excluding carboxylic acids is 1. The maximum absolute atomic E-state index is 12.0. The van der Waals surface area contributed by atoms with Gasteiger partial charge in [-0.2, -0.15) is 0 Å². The second-order valence-electron chi connectivity index (χ2n) is 11.8. The Kier molecular flexibility index (Phi) is 22.4. The van der Waals surface area contributed by atoms with E-state index in [4.69, 9.17) is 14.2 Å². The van der Waals surface area contributed by atoms with Crippen LogP contribution >= 0.6 is 0 Å². The van der Waals surface area contributed by atoms with E-state index in [1.807, 2.05) is 0 Å². The molecular formula is C31H62N2O4. The smallest absolute Gasteiger partial charge is 0.407 e. The van der Waals surface area contributed by atoms with Gasteiger partial charge in [-0.05, 0) is 19.4 Å². The lowest BCUT2D eigenvalue weighted by molar-refractivity contribution is 0.0177. The van der Waals surface area contributed by atoms with Gasteiger partial charge >= 0.3 is 6.09 Å². The van der Waals surface area contributed by atoms with Crippen molar-refractivity contribution in [3.05, 3.63) is 0 Å². The number of rotatable bonds is 25. The van der Waals surface area contributed by atoms with Crippen LogP contribution in [0.1, 0.15) is 130 Å². The van der Waals surface area contributed by atoms with E-state index in [0.29, 0.717) is 19.8 Å². The molecule has 1 N–H and O–H groups in total. The molecule has 1 saturated heterocycles. The molecule has 0 aliphatic carbocycles. The van der Waals surface area contributed by atoms with E-state index in [0.717, 1.165) is 52.3 Å². The van der Waals surface area contributed by atoms with Crippen LogP contribution in [0.4, 0.5) is 4.79 Å². The van der Waals surface area contributed by atoms with E-state index in [9.17, 15) is 4.79 Å². The quantitative estimate of drug-likeness (QED) is 0.123. The van der Waals surface area contributed by atoms with Gasteiger partial charge in [0.2, 0.25) is 0 Å². The van der Waals surface area contributed by atoms with Gasteiger partial charge in [-0.1, -0.05) is 117 Å². The number of amides is 1. The van der Waals surface area contributed by atoms with Crippen molar-refractivity contribution in [1.29, 1.82) is 0 Å². The summed E-state index contributed by atoms with van der Waals surface area (Å²) in [6, 6.07) is 0. The third kappa shape index (κ3) is 22.8. The van der Waals surface area contributed by atoms with Crippen molar-refractivity contribution < 1.29 is 19.0 Å². The van der Waals surface area contributed by atoms with Crippen LogP contribution in [0.3, 0.4) is 0 Å². The highest BCUT2D eigenvalue weighted by Crippen LogP contribution is 2.17. The summed E-state index contributed by atoms with van der Waals surface area (Å²) in [7, 11) is 0. The fraction of sp³-hybridized carbons (Fsp3) is 0.968. The number of nitrogens with zero attached hydrogens (tertiary/aromatic N) is 1. The lowest BCUT2D eigenvalue weighted by Gasteiger charge is -2.26. The van der Waals surface area contributed by atoms with Crippen LogP contribution in [0.25, 0.3) is 0 Å². The summed E-state index contributed by atoms with van der Waals surface area (Å²) < 4.78 is 16.7. The molecule has 220 valence electrons. The monoisotopic (exact) mass is 526 g/mol. The predicted molar refractivity (Wildman–Crippen MR) is 155 cm³/mol. The van der Waals surface area contributed by atoms with Crippen molar-refractivity contribution in [2.75, 3.05) is 59.2 Å². The number of alkyl carbamates (subject to hydrolysis) is 1. The fourth-order valence-corrected chi connectivity index (χ4v) is 4.77. The van der Waals surface area contributed by atoms with Crippen LogP contribution < -0.4 is 5.32 Å². The molecule has 1 amide bonds. The second kappa shape index (κ2) is 24.2. The Morgan fingerprint density at radius 3 is 1.81 bits per heavy atom. The fourth-order valence-electron chi connectivity index (χ4n) is 4.77. The first-order valence-corrected chi connectivity index (χ1v) is 15.8. The molecule has 0 aromatic carbocycles. The molecule has 0 saturated carbocycles. The largest absolute Gasteiger partial charge is 0.449 e. The molecule has 6 heteroatoms. The Morgan fingerprint density at radius 1 is 0.757 bits per heavy atom. The van der Waals surface area contributed by atoms with Gasteiger partial charge in [0.05, 0.1) is 19.8 Å². The summed E-state index contributed by atoms with van der Waals surface area (Å²) in [6.45, 7) is 13.5. The number of unbranched alkanes of at least 4 members (excludes halogenated alkanes) is 15. The molecule has 37 heavy (non-hydrogen) atoms. The van der Waals surface area contributed by atoms with E-state index in [1.54, 1.807) is 0 Å². The summed E-state index contributed by atoms with van der Waals surface area (Å²) in [5.41, 5.74) is -0.166. The molecule has 0 spiro atoms. The number of morpholine rings is 1. The van der Waals surface area contributed by atoms with Gasteiger partial charge < -0.3 is 19.5 Å². The molecule has 6 nitrogen and oxygen atoms in total. The summed E-state index contributed by atoms with van der Waals surface area (Å²) in [6.07, 6.45) is 22.7. The average molecular weight is 527 g/mol. The summed E-state index contributed by atoms with van der Waals surface area (Å²) in [5.74, 6) is 0. The molecule has 0 aromatic rings. The molecule has 1 aliphatic heterocycles. The zero-order valence-corrected chi connectivity index (χ0v) is 25.0. The molecule has 1 heterocycles. The third-order valence-corrected chi connectivity index (χ3v) is 7.25. The van der Waals surface area contributed by atoms with Gasteiger partial charge in [-0.25, -0.2) is 4.79 Å². The van der Waals surface area contributed by atoms with Gasteiger partial charge in [0.15, 0.2) is 0 Å². The van der Waals surface area contributed by atoms with Crippen molar-refractivity contribution in [3.63, 3.8) is 0 Å². The molecular weight excluding hydrogens is 464 g/mol. The number of carbonyl (C=O) groups is 1. The highest BCUT2D eigenvalue weighted by Gasteiger charge is 2.21. The van der Waals surface area contributed by atoms with Crippen LogP contribution in [0, 0.1) is 5.41 Å². The van der Waals surface area contributed by atoms with Gasteiger partial charge in [0.25, 0.3) is 0 Å². The van der Waals surface area contributed by atoms with Crippen LogP contribution in [0.5, 0.6) is 0 Å². The van der Waals surface area contributed by atoms with Gasteiger partial charge in [0.1, 0.15) is 6.61 Å². The van der Waals surface area contributed by atoms with Crippen LogP contribution in [0.2, 0.25) is 0 Å². The van der Waals surface area contributed by atoms with Crippen molar-refractivity contribution in [3.8, 4) is 0 Å². The van der Waals surface area contributed by atoms with E-state index >= 15 is 0 Å². The van der Waals surface area contributed by atoms with Crippen molar-refractivity contribution in [2.45, 2.75) is 130 Å². The molecule has 0 atom stereocenters. The molecule has 0 aromatic heterocycles. The summed E-state index contributed by atoms with van der Waals surface area (Å²) in [5, 5.41) is 2.86. The zero-order chi connectivity index (χ0) is 26.9. The molecule has 1 aliphatic rings. The highest BCUT2D eigenvalue weighted by molar-refractivity contribution is 5.67. The molecule has 1 fully saturated rings. The number of hydrogen-bond donors (Lipinski definition) is 1. The van der Waals surface area contributed by atoms with Gasteiger partial charge in [-0.15, -0.1) is 0 Å². The van der Waals surface area contributed by atoms with Crippen LogP contribution in [-0.2, 0) is 14.2 Å². The maximum atomic E-state index is 12.0. The van der Waals surface area contributed by atoms with Crippen molar-refractivity contribution in [2.24, 2.45) is 5.41 Å². The minimum absolute atomic E-state index is 0.166. The topological polar surface area (TPSA) is 60.0 Å². The Bertz CT molecular complexity index is 509. The molecule has 0 radical (unpaired) electrons. The number of hydrogen-bond acceptors (Lipinski definition) is 5. The SMILES string of the molecule is CCCCCCCCCCCCCCCCCCOCC(C)(C)COC(=O)NCCCN1CCOCC1. The van der Waals surface area contributed by atoms with Gasteiger partial charge in [0, 0.05) is 31.7 Å². The Balaban J connectivity index is 1.81. The minimum Gasteiger partial charge on any atom is -0.449 e. The van der Waals surface area contributed by atoms with Crippen LogP contribution in [-0.4, -0.2) is 70.2 Å². The summed E-state index contributed by atoms with van der Waals surface area (Å²) >= 11 is 0. The Hall–Kier alpha value is -0.850. The normalized spacial score (nSPS) is 14.7. The van der Waals surface area contributed by atoms with E-state index in [2.05, 4.69) is 31.0 Å². The number of nitrogens with one attached hydrogen (secondary N) is 1. The first-order chi connectivity index (χ1) is 18.0. The second-order valence-corrected chi connectivity index (χ2v) is 11.8. The molecule has 0 unspecified atom stereocenters. The Morgan fingerprint density at radius 2 is 1.27 bits per heavy atom. The first kappa shape index (κ1) is 34.2. The third-order valence-electron chi connectivity index (χ3n) is 7.25. The lowest BCUT2D eigenvalue weighted by Crippen LogP contribution is -2.38. The zero-order valence-electron chi connectivity index (χ0n) is 25.0. The van der Waals surface area contributed by atoms with Crippen LogP contribution in [0.15, 0.2) is 0 Å². The lowest BCUT2D eigenvalue weighted by atomic mass is 9.96. The average Bonchev–Trinajstić information content (AvgIpc) is 2.90. The Labute approximate surface area is 229 Å². The predicted octanol–water partition coefficient (Wildman–Crippen LogP) is 7.74. The maximum Gasteiger partial charge on any atom is 0.407 e. The molecule has 0 bridgehead atoms. The minimum atomic E-state index is -0.326. The van der Waals surface area contributed by atoms with E-state index in [-0.39, 0.29) is 11.5 Å². The summed E-state index contributed by atoms with van der Waals surface area (Å²) in [4.78, 5) is 14.3. The van der Waals surface area contributed by atoms with E-state index in [1.165, 1.54) is 96.3 Å². The van der Waals surface area contributed by atoms with Gasteiger partial charge in [-0.3, -0.25) is 4.90 Å². The van der Waals surface area contributed by atoms with Crippen molar-refractivity contribution in [1.82, 2.24) is 10.2 Å².